The van der Waals surface area contributed by atoms with Gasteiger partial charge in [0.2, 0.25) is 0 Å². The standard InChI is InChI=1S/C12H22N2O2S/c1-9-7-14(8-10(2)16-9)12(17)13-6-11-4-3-5-15-11/h9-11H,3-8H2,1-2H3,(H,13,17). The third-order valence-electron chi connectivity index (χ3n) is 3.21. The number of thiocarbonyl (C=S) groups is 1. The maximum Gasteiger partial charge on any atom is 0.169 e. The highest BCUT2D eigenvalue weighted by Crippen LogP contribution is 2.12. The van der Waals surface area contributed by atoms with E-state index in [1.165, 1.54) is 6.42 Å². The molecule has 3 unspecified atom stereocenters. The van der Waals surface area contributed by atoms with Crippen LogP contribution in [0.4, 0.5) is 0 Å². The Kier molecular flexibility index (Phi) is 4.59. The molecule has 4 nitrogen and oxygen atoms in total. The van der Waals surface area contributed by atoms with Gasteiger partial charge in [0.1, 0.15) is 0 Å². The number of hydrogen-bond donors (Lipinski definition) is 1. The van der Waals surface area contributed by atoms with Gasteiger partial charge in [-0.2, -0.15) is 0 Å². The van der Waals surface area contributed by atoms with Gasteiger partial charge in [0.15, 0.2) is 5.11 Å². The molecule has 0 radical (unpaired) electrons. The molecule has 1 N–H and O–H groups in total. The molecule has 2 rings (SSSR count). The summed E-state index contributed by atoms with van der Waals surface area (Å²) in [5.41, 5.74) is 0. The molecule has 0 aromatic rings. The Hall–Kier alpha value is -0.390. The van der Waals surface area contributed by atoms with Gasteiger partial charge in [-0.15, -0.1) is 0 Å². The highest BCUT2D eigenvalue weighted by atomic mass is 32.1. The third-order valence-corrected chi connectivity index (χ3v) is 3.61. The summed E-state index contributed by atoms with van der Waals surface area (Å²) >= 11 is 5.42. The van der Waals surface area contributed by atoms with Crippen molar-refractivity contribution in [3.8, 4) is 0 Å². The molecule has 0 aromatic heterocycles. The van der Waals surface area contributed by atoms with Gasteiger partial charge in [-0.05, 0) is 38.9 Å². The van der Waals surface area contributed by atoms with Gasteiger partial charge >= 0.3 is 0 Å². The van der Waals surface area contributed by atoms with E-state index in [1.807, 2.05) is 0 Å². The average Bonchev–Trinajstić information content (AvgIpc) is 2.77. The molecule has 2 fully saturated rings. The van der Waals surface area contributed by atoms with Gasteiger partial charge in [0, 0.05) is 26.2 Å². The number of hydrogen-bond acceptors (Lipinski definition) is 3. The van der Waals surface area contributed by atoms with Gasteiger partial charge < -0.3 is 19.7 Å². The van der Waals surface area contributed by atoms with Gasteiger partial charge in [0.05, 0.1) is 18.3 Å². The van der Waals surface area contributed by atoms with Crippen molar-refractivity contribution in [2.75, 3.05) is 26.2 Å². The van der Waals surface area contributed by atoms with Crippen LogP contribution in [0.1, 0.15) is 26.7 Å². The molecule has 2 aliphatic rings. The molecule has 2 aliphatic heterocycles. The number of ether oxygens (including phenoxy) is 2. The van der Waals surface area contributed by atoms with Gasteiger partial charge in [-0.25, -0.2) is 0 Å². The van der Waals surface area contributed by atoms with Crippen LogP contribution in [0.2, 0.25) is 0 Å². The monoisotopic (exact) mass is 258 g/mol. The minimum Gasteiger partial charge on any atom is -0.376 e. The minimum atomic E-state index is 0.251. The van der Waals surface area contributed by atoms with Crippen molar-refractivity contribution in [2.24, 2.45) is 0 Å². The van der Waals surface area contributed by atoms with Crippen molar-refractivity contribution < 1.29 is 9.47 Å². The lowest BCUT2D eigenvalue weighted by Gasteiger charge is -2.37. The second kappa shape index (κ2) is 5.98. The molecular weight excluding hydrogens is 236 g/mol. The maximum atomic E-state index is 5.69. The largest absolute Gasteiger partial charge is 0.376 e. The third kappa shape index (κ3) is 3.79. The van der Waals surface area contributed by atoms with E-state index < -0.39 is 0 Å². The molecule has 0 aliphatic carbocycles. The summed E-state index contributed by atoms with van der Waals surface area (Å²) < 4.78 is 11.3. The summed E-state index contributed by atoms with van der Waals surface area (Å²) in [7, 11) is 0. The molecule has 0 aromatic carbocycles. The number of nitrogens with one attached hydrogen (secondary N) is 1. The molecule has 5 heteroatoms. The lowest BCUT2D eigenvalue weighted by atomic mass is 10.2. The van der Waals surface area contributed by atoms with E-state index in [0.717, 1.165) is 37.8 Å². The molecule has 3 atom stereocenters. The van der Waals surface area contributed by atoms with Gasteiger partial charge in [-0.1, -0.05) is 0 Å². The Morgan fingerprint density at radius 3 is 2.65 bits per heavy atom. The van der Waals surface area contributed by atoms with Gasteiger partial charge in [-0.3, -0.25) is 0 Å². The Labute approximate surface area is 109 Å². The number of nitrogens with zero attached hydrogens (tertiary/aromatic N) is 1. The Morgan fingerprint density at radius 1 is 1.35 bits per heavy atom. The summed E-state index contributed by atoms with van der Waals surface area (Å²) in [6, 6.07) is 0. The van der Waals surface area contributed by atoms with Crippen LogP contribution in [0.25, 0.3) is 0 Å². The van der Waals surface area contributed by atoms with E-state index in [2.05, 4.69) is 24.1 Å². The maximum absolute atomic E-state index is 5.69. The normalized spacial score (nSPS) is 33.8. The van der Waals surface area contributed by atoms with Crippen molar-refractivity contribution >= 4 is 17.3 Å². The first-order valence-corrected chi connectivity index (χ1v) is 6.86. The summed E-state index contributed by atoms with van der Waals surface area (Å²) in [5.74, 6) is 0. The van der Waals surface area contributed by atoms with Crippen molar-refractivity contribution in [1.82, 2.24) is 10.2 Å². The Bertz CT molecular complexity index is 259. The minimum absolute atomic E-state index is 0.251. The smallest absolute Gasteiger partial charge is 0.169 e. The van der Waals surface area contributed by atoms with Gasteiger partial charge in [0.25, 0.3) is 0 Å². The Morgan fingerprint density at radius 2 is 2.06 bits per heavy atom. The fourth-order valence-corrected chi connectivity index (χ4v) is 2.69. The summed E-state index contributed by atoms with van der Waals surface area (Å²) in [6.45, 7) is 7.66. The van der Waals surface area contributed by atoms with Crippen LogP contribution in [-0.2, 0) is 9.47 Å². The average molecular weight is 258 g/mol. The molecule has 2 heterocycles. The molecule has 17 heavy (non-hydrogen) atoms. The molecule has 0 spiro atoms. The quantitative estimate of drug-likeness (QED) is 0.752. The van der Waals surface area contributed by atoms with Crippen LogP contribution < -0.4 is 5.32 Å². The first-order valence-electron chi connectivity index (χ1n) is 6.45. The summed E-state index contributed by atoms with van der Waals surface area (Å²) in [4.78, 5) is 2.20. The van der Waals surface area contributed by atoms with E-state index in [4.69, 9.17) is 21.7 Å². The van der Waals surface area contributed by atoms with Crippen LogP contribution in [0.3, 0.4) is 0 Å². The van der Waals surface area contributed by atoms with Crippen LogP contribution in [0.15, 0.2) is 0 Å². The van der Waals surface area contributed by atoms with Crippen molar-refractivity contribution in [3.05, 3.63) is 0 Å². The lowest BCUT2D eigenvalue weighted by molar-refractivity contribution is -0.0483. The van der Waals surface area contributed by atoms with Crippen LogP contribution in [0, 0.1) is 0 Å². The van der Waals surface area contributed by atoms with Crippen LogP contribution in [0.5, 0.6) is 0 Å². The summed E-state index contributed by atoms with van der Waals surface area (Å²) in [6.07, 6.45) is 3.15. The molecule has 98 valence electrons. The van der Waals surface area contributed by atoms with E-state index in [-0.39, 0.29) is 12.2 Å². The van der Waals surface area contributed by atoms with Crippen LogP contribution >= 0.6 is 12.2 Å². The van der Waals surface area contributed by atoms with E-state index >= 15 is 0 Å². The first kappa shape index (κ1) is 13.1. The first-order chi connectivity index (χ1) is 8.15. The highest BCUT2D eigenvalue weighted by molar-refractivity contribution is 7.80. The lowest BCUT2D eigenvalue weighted by Crippen LogP contribution is -2.52. The number of rotatable bonds is 2. The molecule has 2 saturated heterocycles. The van der Waals surface area contributed by atoms with E-state index in [0.29, 0.717) is 6.10 Å². The zero-order valence-electron chi connectivity index (χ0n) is 10.6. The second-order valence-corrected chi connectivity index (χ2v) is 5.37. The van der Waals surface area contributed by atoms with Crippen molar-refractivity contribution in [1.29, 1.82) is 0 Å². The predicted octanol–water partition coefficient (Wildman–Crippen LogP) is 1.15. The predicted molar refractivity (Wildman–Crippen MR) is 71.2 cm³/mol. The van der Waals surface area contributed by atoms with Crippen molar-refractivity contribution in [3.63, 3.8) is 0 Å². The fourth-order valence-electron chi connectivity index (χ4n) is 2.46. The molecular formula is C12H22N2O2S. The Balaban J connectivity index is 1.74. The highest BCUT2D eigenvalue weighted by Gasteiger charge is 2.24. The SMILES string of the molecule is CC1CN(C(=S)NCC2CCCO2)CC(C)O1. The van der Waals surface area contributed by atoms with Crippen molar-refractivity contribution in [2.45, 2.75) is 45.0 Å². The molecule has 0 amide bonds. The summed E-state index contributed by atoms with van der Waals surface area (Å²) in [5, 5.41) is 4.15. The fraction of sp³-hybridized carbons (Fsp3) is 0.917. The molecule has 0 saturated carbocycles. The zero-order chi connectivity index (χ0) is 12.3. The second-order valence-electron chi connectivity index (χ2n) is 4.98. The number of morpholine rings is 1. The van der Waals surface area contributed by atoms with Crippen LogP contribution in [-0.4, -0.2) is 54.6 Å². The topological polar surface area (TPSA) is 33.7 Å². The van der Waals surface area contributed by atoms with E-state index in [1.54, 1.807) is 0 Å². The van der Waals surface area contributed by atoms with E-state index in [9.17, 15) is 0 Å². The zero-order valence-corrected chi connectivity index (χ0v) is 11.5. The molecule has 0 bridgehead atoms.